The SMILES string of the molecule is O=C(CSc1nnnn1C1CCCC1)Nc1ccc2c(c1)OCCCO2. The number of thioether (sulfide) groups is 1. The quantitative estimate of drug-likeness (QED) is 0.803. The molecule has 1 N–H and O–H groups in total. The van der Waals surface area contributed by atoms with Crippen LogP contribution in [0.5, 0.6) is 11.5 Å². The largest absolute Gasteiger partial charge is 0.490 e. The Labute approximate surface area is 155 Å². The first-order valence-corrected chi connectivity index (χ1v) is 9.88. The van der Waals surface area contributed by atoms with Crippen molar-refractivity contribution in [3.05, 3.63) is 18.2 Å². The molecule has 4 rings (SSSR count). The van der Waals surface area contributed by atoms with Crippen LogP contribution in [0, 0.1) is 0 Å². The van der Waals surface area contributed by atoms with Crippen LogP contribution >= 0.6 is 11.8 Å². The van der Waals surface area contributed by atoms with Gasteiger partial charge in [-0.25, -0.2) is 4.68 Å². The summed E-state index contributed by atoms with van der Waals surface area (Å²) in [6, 6.07) is 5.80. The topological polar surface area (TPSA) is 91.2 Å². The van der Waals surface area contributed by atoms with E-state index in [1.54, 1.807) is 6.07 Å². The van der Waals surface area contributed by atoms with Crippen molar-refractivity contribution in [1.82, 2.24) is 20.2 Å². The number of carbonyl (C=O) groups is 1. The van der Waals surface area contributed by atoms with Crippen LogP contribution in [0.4, 0.5) is 5.69 Å². The summed E-state index contributed by atoms with van der Waals surface area (Å²) in [4.78, 5) is 12.3. The molecule has 0 spiro atoms. The number of benzene rings is 1. The van der Waals surface area contributed by atoms with Crippen molar-refractivity contribution < 1.29 is 14.3 Å². The van der Waals surface area contributed by atoms with Crippen molar-refractivity contribution in [1.29, 1.82) is 0 Å². The van der Waals surface area contributed by atoms with Crippen molar-refractivity contribution >= 4 is 23.4 Å². The van der Waals surface area contributed by atoms with Gasteiger partial charge in [-0.05, 0) is 35.4 Å². The molecular weight excluding hydrogens is 354 g/mol. The molecule has 2 aliphatic rings. The first-order chi connectivity index (χ1) is 12.8. The number of amides is 1. The smallest absolute Gasteiger partial charge is 0.234 e. The predicted octanol–water partition coefficient (Wildman–Crippen LogP) is 2.68. The molecule has 2 aromatic rings. The first-order valence-electron chi connectivity index (χ1n) is 8.90. The van der Waals surface area contributed by atoms with Crippen LogP contribution in [-0.4, -0.2) is 45.1 Å². The lowest BCUT2D eigenvalue weighted by Crippen LogP contribution is -2.15. The third-order valence-corrected chi connectivity index (χ3v) is 5.43. The molecule has 8 nitrogen and oxygen atoms in total. The summed E-state index contributed by atoms with van der Waals surface area (Å²) in [5.41, 5.74) is 0.690. The van der Waals surface area contributed by atoms with Crippen LogP contribution in [0.3, 0.4) is 0 Å². The Morgan fingerprint density at radius 2 is 2.00 bits per heavy atom. The highest BCUT2D eigenvalue weighted by molar-refractivity contribution is 7.99. The van der Waals surface area contributed by atoms with E-state index in [0.29, 0.717) is 41.6 Å². The number of ether oxygens (including phenoxy) is 2. The van der Waals surface area contributed by atoms with Crippen LogP contribution in [0.25, 0.3) is 0 Å². The maximum atomic E-state index is 12.3. The van der Waals surface area contributed by atoms with Crippen LogP contribution in [0.15, 0.2) is 23.4 Å². The van der Waals surface area contributed by atoms with E-state index in [1.165, 1.54) is 24.6 Å². The summed E-state index contributed by atoms with van der Waals surface area (Å²) in [6.07, 6.45) is 5.46. The molecule has 138 valence electrons. The Morgan fingerprint density at radius 1 is 1.19 bits per heavy atom. The summed E-state index contributed by atoms with van der Waals surface area (Å²) in [5.74, 6) is 1.52. The molecule has 1 fully saturated rings. The molecule has 1 aliphatic carbocycles. The molecule has 0 saturated heterocycles. The molecule has 1 saturated carbocycles. The zero-order valence-electron chi connectivity index (χ0n) is 14.4. The van der Waals surface area contributed by atoms with Crippen LogP contribution in [0.1, 0.15) is 38.1 Å². The van der Waals surface area contributed by atoms with Gasteiger partial charge in [0.15, 0.2) is 11.5 Å². The number of carbonyl (C=O) groups excluding carboxylic acids is 1. The number of hydrogen-bond acceptors (Lipinski definition) is 7. The normalized spacial score (nSPS) is 17.1. The minimum atomic E-state index is -0.106. The second-order valence-electron chi connectivity index (χ2n) is 6.39. The molecular formula is C17H21N5O3S. The average molecular weight is 375 g/mol. The minimum absolute atomic E-state index is 0.106. The van der Waals surface area contributed by atoms with Crippen molar-refractivity contribution in [3.8, 4) is 11.5 Å². The molecule has 1 aromatic heterocycles. The van der Waals surface area contributed by atoms with Crippen LogP contribution in [-0.2, 0) is 4.79 Å². The molecule has 9 heteroatoms. The molecule has 0 bridgehead atoms. The third kappa shape index (κ3) is 3.92. The van der Waals surface area contributed by atoms with Gasteiger partial charge in [0, 0.05) is 18.2 Å². The van der Waals surface area contributed by atoms with E-state index < -0.39 is 0 Å². The average Bonchev–Trinajstić information content (AvgIpc) is 3.27. The number of fused-ring (bicyclic) bond motifs is 1. The molecule has 2 heterocycles. The van der Waals surface area contributed by atoms with Crippen molar-refractivity contribution in [2.24, 2.45) is 0 Å². The summed E-state index contributed by atoms with van der Waals surface area (Å²) < 4.78 is 13.1. The monoisotopic (exact) mass is 375 g/mol. The van der Waals surface area contributed by atoms with E-state index in [2.05, 4.69) is 20.8 Å². The Kier molecular flexibility index (Phi) is 5.24. The van der Waals surface area contributed by atoms with Gasteiger partial charge in [0.1, 0.15) is 0 Å². The third-order valence-electron chi connectivity index (χ3n) is 4.50. The van der Waals surface area contributed by atoms with Gasteiger partial charge in [-0.1, -0.05) is 24.6 Å². The zero-order valence-corrected chi connectivity index (χ0v) is 15.2. The van der Waals surface area contributed by atoms with E-state index in [0.717, 1.165) is 19.3 Å². The Hall–Kier alpha value is -2.29. The molecule has 26 heavy (non-hydrogen) atoms. The van der Waals surface area contributed by atoms with Crippen LogP contribution in [0.2, 0.25) is 0 Å². The highest BCUT2D eigenvalue weighted by atomic mass is 32.2. The lowest BCUT2D eigenvalue weighted by molar-refractivity contribution is -0.113. The molecule has 0 radical (unpaired) electrons. The van der Waals surface area contributed by atoms with E-state index >= 15 is 0 Å². The molecule has 0 atom stereocenters. The minimum Gasteiger partial charge on any atom is -0.490 e. The summed E-state index contributed by atoms with van der Waals surface area (Å²) in [6.45, 7) is 1.26. The fraction of sp³-hybridized carbons (Fsp3) is 0.529. The summed E-state index contributed by atoms with van der Waals surface area (Å²) in [7, 11) is 0. The first kappa shape index (κ1) is 17.1. The van der Waals surface area contributed by atoms with E-state index in [-0.39, 0.29) is 11.7 Å². The lowest BCUT2D eigenvalue weighted by atomic mass is 10.2. The molecule has 1 aliphatic heterocycles. The van der Waals surface area contributed by atoms with Gasteiger partial charge in [0.05, 0.1) is 25.0 Å². The highest BCUT2D eigenvalue weighted by Crippen LogP contribution is 2.33. The number of tetrazole rings is 1. The predicted molar refractivity (Wildman–Crippen MR) is 96.7 cm³/mol. The second-order valence-corrected chi connectivity index (χ2v) is 7.34. The number of anilines is 1. The van der Waals surface area contributed by atoms with Gasteiger partial charge >= 0.3 is 0 Å². The van der Waals surface area contributed by atoms with Crippen molar-refractivity contribution in [2.75, 3.05) is 24.3 Å². The molecule has 1 amide bonds. The van der Waals surface area contributed by atoms with Crippen LogP contribution < -0.4 is 14.8 Å². The second kappa shape index (κ2) is 7.94. The van der Waals surface area contributed by atoms with E-state index in [4.69, 9.17) is 9.47 Å². The maximum absolute atomic E-state index is 12.3. The number of hydrogen-bond donors (Lipinski definition) is 1. The lowest BCUT2D eigenvalue weighted by Gasteiger charge is -2.11. The highest BCUT2D eigenvalue weighted by Gasteiger charge is 2.22. The van der Waals surface area contributed by atoms with Crippen molar-refractivity contribution in [3.63, 3.8) is 0 Å². The summed E-state index contributed by atoms with van der Waals surface area (Å²) in [5, 5.41) is 15.5. The Balaban J connectivity index is 1.35. The number of rotatable bonds is 5. The summed E-state index contributed by atoms with van der Waals surface area (Å²) >= 11 is 1.36. The Morgan fingerprint density at radius 3 is 2.85 bits per heavy atom. The number of nitrogens with zero attached hydrogens (tertiary/aromatic N) is 4. The fourth-order valence-corrected chi connectivity index (χ4v) is 3.97. The maximum Gasteiger partial charge on any atom is 0.234 e. The van der Waals surface area contributed by atoms with Gasteiger partial charge in [-0.3, -0.25) is 4.79 Å². The van der Waals surface area contributed by atoms with Gasteiger partial charge in [0.25, 0.3) is 0 Å². The number of aromatic nitrogens is 4. The Bertz CT molecular complexity index is 776. The van der Waals surface area contributed by atoms with Crippen molar-refractivity contribution in [2.45, 2.75) is 43.3 Å². The molecule has 0 unspecified atom stereocenters. The van der Waals surface area contributed by atoms with Gasteiger partial charge < -0.3 is 14.8 Å². The van der Waals surface area contributed by atoms with E-state index in [9.17, 15) is 4.79 Å². The van der Waals surface area contributed by atoms with Gasteiger partial charge in [-0.2, -0.15) is 0 Å². The fourth-order valence-electron chi connectivity index (χ4n) is 3.23. The van der Waals surface area contributed by atoms with Gasteiger partial charge in [0.2, 0.25) is 11.1 Å². The number of nitrogens with one attached hydrogen (secondary N) is 1. The molecule has 1 aromatic carbocycles. The van der Waals surface area contributed by atoms with E-state index in [1.807, 2.05) is 16.8 Å². The standard InChI is InChI=1S/C17H21N5O3S/c23-16(11-26-17-19-20-21-22(17)13-4-1-2-5-13)18-12-6-7-14-15(10-12)25-9-3-8-24-14/h6-7,10,13H,1-5,8-9,11H2,(H,18,23). The van der Waals surface area contributed by atoms with Gasteiger partial charge in [-0.15, -0.1) is 5.10 Å². The zero-order chi connectivity index (χ0) is 17.8.